The summed E-state index contributed by atoms with van der Waals surface area (Å²) in [6.07, 6.45) is 2.02. The molecule has 1 aliphatic rings. The van der Waals surface area contributed by atoms with Crippen LogP contribution in [0.3, 0.4) is 0 Å². The molecule has 1 aliphatic heterocycles. The largest absolute Gasteiger partial charge is 0.272 e. The van der Waals surface area contributed by atoms with E-state index < -0.39 is 0 Å². The predicted molar refractivity (Wildman–Crippen MR) is 51.2 cm³/mol. The van der Waals surface area contributed by atoms with Crippen LogP contribution in [0.15, 0.2) is 34.8 Å². The highest BCUT2D eigenvalue weighted by Gasteiger charge is 2.05. The maximum Gasteiger partial charge on any atom is 0.0951 e. The Hall–Kier alpha value is -0.800. The lowest BCUT2D eigenvalue weighted by atomic mass is 10.2. The van der Waals surface area contributed by atoms with E-state index in [4.69, 9.17) is 4.84 Å². The van der Waals surface area contributed by atoms with Gasteiger partial charge in [-0.1, -0.05) is 28.1 Å². The Kier molecular flexibility index (Phi) is 2.15. The van der Waals surface area contributed by atoms with Crippen LogP contribution in [0, 0.1) is 0 Å². The summed E-state index contributed by atoms with van der Waals surface area (Å²) in [4.78, 5) is 4.99. The molecule has 0 saturated heterocycles. The van der Waals surface area contributed by atoms with E-state index in [1.54, 1.807) is 0 Å². The molecule has 2 rings (SSSR count). The Bertz CT molecular complexity index is 305. The van der Waals surface area contributed by atoms with E-state index >= 15 is 0 Å². The van der Waals surface area contributed by atoms with Crippen LogP contribution in [0.2, 0.25) is 0 Å². The van der Waals surface area contributed by atoms with Gasteiger partial charge in [-0.05, 0) is 23.8 Å². The zero-order valence-electron chi connectivity index (χ0n) is 6.38. The standard InChI is InChI=1S/C9H8BrNO/c10-8-3-1-7(2-4-8)9-5-6-12-11-9/h1-5,11H,6H2. The van der Waals surface area contributed by atoms with Crippen molar-refractivity contribution < 1.29 is 4.84 Å². The summed E-state index contributed by atoms with van der Waals surface area (Å²) in [5, 5.41) is 0. The molecule has 0 aromatic heterocycles. The average molecular weight is 226 g/mol. The van der Waals surface area contributed by atoms with E-state index in [1.165, 1.54) is 0 Å². The normalized spacial score (nSPS) is 15.6. The summed E-state index contributed by atoms with van der Waals surface area (Å²) in [7, 11) is 0. The molecule has 3 heteroatoms. The molecule has 1 aromatic rings. The first-order valence-corrected chi connectivity index (χ1v) is 4.49. The van der Waals surface area contributed by atoms with Crippen LogP contribution in [-0.4, -0.2) is 6.61 Å². The molecule has 12 heavy (non-hydrogen) atoms. The van der Waals surface area contributed by atoms with Crippen LogP contribution in [0.1, 0.15) is 5.56 Å². The first kappa shape index (κ1) is 7.83. The second kappa shape index (κ2) is 3.29. The summed E-state index contributed by atoms with van der Waals surface area (Å²) >= 11 is 3.38. The molecular formula is C9H8BrNO. The Balaban J connectivity index is 2.28. The maximum atomic E-state index is 4.99. The molecule has 0 radical (unpaired) electrons. The van der Waals surface area contributed by atoms with Crippen molar-refractivity contribution in [3.8, 4) is 0 Å². The first-order chi connectivity index (χ1) is 5.86. The summed E-state index contributed by atoms with van der Waals surface area (Å²) in [5.41, 5.74) is 5.03. The zero-order chi connectivity index (χ0) is 8.39. The van der Waals surface area contributed by atoms with Crippen molar-refractivity contribution in [2.45, 2.75) is 0 Å². The number of halogens is 1. The smallest absolute Gasteiger partial charge is 0.0951 e. The molecule has 2 nitrogen and oxygen atoms in total. The highest BCUT2D eigenvalue weighted by molar-refractivity contribution is 9.10. The van der Waals surface area contributed by atoms with Crippen molar-refractivity contribution in [1.82, 2.24) is 5.48 Å². The van der Waals surface area contributed by atoms with E-state index in [9.17, 15) is 0 Å². The zero-order valence-corrected chi connectivity index (χ0v) is 7.97. The number of hydrogen-bond acceptors (Lipinski definition) is 2. The molecule has 1 heterocycles. The van der Waals surface area contributed by atoms with Gasteiger partial charge in [-0.3, -0.25) is 10.3 Å². The maximum absolute atomic E-state index is 4.99. The van der Waals surface area contributed by atoms with Gasteiger partial charge in [-0.25, -0.2) is 0 Å². The number of benzene rings is 1. The molecule has 0 aliphatic carbocycles. The second-order valence-corrected chi connectivity index (χ2v) is 3.45. The Morgan fingerprint density at radius 3 is 2.58 bits per heavy atom. The Morgan fingerprint density at radius 1 is 1.25 bits per heavy atom. The molecule has 1 aromatic carbocycles. The molecule has 62 valence electrons. The van der Waals surface area contributed by atoms with Gasteiger partial charge in [0.2, 0.25) is 0 Å². The monoisotopic (exact) mass is 225 g/mol. The van der Waals surface area contributed by atoms with Gasteiger partial charge in [0.1, 0.15) is 0 Å². The fraction of sp³-hybridized carbons (Fsp3) is 0.111. The minimum Gasteiger partial charge on any atom is -0.272 e. The van der Waals surface area contributed by atoms with Crippen molar-refractivity contribution in [3.63, 3.8) is 0 Å². The minimum atomic E-state index is 0.644. The molecule has 1 N–H and O–H groups in total. The molecular weight excluding hydrogens is 218 g/mol. The van der Waals surface area contributed by atoms with Gasteiger partial charge in [-0.2, -0.15) is 0 Å². The van der Waals surface area contributed by atoms with Crippen molar-refractivity contribution in [3.05, 3.63) is 40.4 Å². The quantitative estimate of drug-likeness (QED) is 0.793. The van der Waals surface area contributed by atoms with Gasteiger partial charge in [-0.15, -0.1) is 0 Å². The third-order valence-electron chi connectivity index (χ3n) is 1.71. The van der Waals surface area contributed by atoms with E-state index in [0.29, 0.717) is 6.61 Å². The van der Waals surface area contributed by atoms with Crippen LogP contribution < -0.4 is 5.48 Å². The lowest BCUT2D eigenvalue weighted by Crippen LogP contribution is -2.04. The third kappa shape index (κ3) is 1.52. The summed E-state index contributed by atoms with van der Waals surface area (Å²) in [5.74, 6) is 0. The van der Waals surface area contributed by atoms with E-state index in [1.807, 2.05) is 30.3 Å². The van der Waals surface area contributed by atoms with E-state index in [-0.39, 0.29) is 0 Å². The fourth-order valence-electron chi connectivity index (χ4n) is 1.09. The van der Waals surface area contributed by atoms with Gasteiger partial charge >= 0.3 is 0 Å². The molecule has 0 fully saturated rings. The van der Waals surface area contributed by atoms with Crippen molar-refractivity contribution >= 4 is 21.6 Å². The first-order valence-electron chi connectivity index (χ1n) is 3.70. The summed E-state index contributed by atoms with van der Waals surface area (Å²) < 4.78 is 1.09. The van der Waals surface area contributed by atoms with Crippen LogP contribution in [0.5, 0.6) is 0 Å². The SMILES string of the molecule is Brc1ccc(C2=CCON2)cc1. The van der Waals surface area contributed by atoms with E-state index in [2.05, 4.69) is 21.4 Å². The topological polar surface area (TPSA) is 21.3 Å². The van der Waals surface area contributed by atoms with Gasteiger partial charge in [0.05, 0.1) is 12.3 Å². The molecule has 0 unspecified atom stereocenters. The average Bonchev–Trinajstić information content (AvgIpc) is 2.58. The lowest BCUT2D eigenvalue weighted by Gasteiger charge is -2.02. The molecule has 0 atom stereocenters. The van der Waals surface area contributed by atoms with Crippen LogP contribution in [-0.2, 0) is 4.84 Å². The van der Waals surface area contributed by atoms with Gasteiger partial charge in [0, 0.05) is 4.47 Å². The van der Waals surface area contributed by atoms with Gasteiger partial charge < -0.3 is 0 Å². The highest BCUT2D eigenvalue weighted by Crippen LogP contribution is 2.17. The van der Waals surface area contributed by atoms with Crippen LogP contribution in [0.25, 0.3) is 5.70 Å². The van der Waals surface area contributed by atoms with Crippen LogP contribution in [0.4, 0.5) is 0 Å². The van der Waals surface area contributed by atoms with E-state index in [0.717, 1.165) is 15.7 Å². The lowest BCUT2D eigenvalue weighted by molar-refractivity contribution is 0.121. The Labute approximate surface area is 79.3 Å². The second-order valence-electron chi connectivity index (χ2n) is 2.54. The molecule has 0 bridgehead atoms. The molecule has 0 amide bonds. The number of rotatable bonds is 1. The fourth-order valence-corrected chi connectivity index (χ4v) is 1.36. The molecule has 0 saturated carbocycles. The van der Waals surface area contributed by atoms with Crippen molar-refractivity contribution in [2.24, 2.45) is 0 Å². The number of nitrogens with one attached hydrogen (secondary N) is 1. The van der Waals surface area contributed by atoms with Gasteiger partial charge in [0.15, 0.2) is 0 Å². The van der Waals surface area contributed by atoms with Crippen molar-refractivity contribution in [1.29, 1.82) is 0 Å². The summed E-state index contributed by atoms with van der Waals surface area (Å²) in [6, 6.07) is 8.10. The van der Waals surface area contributed by atoms with Gasteiger partial charge in [0.25, 0.3) is 0 Å². The minimum absolute atomic E-state index is 0.644. The predicted octanol–water partition coefficient (Wildman–Crippen LogP) is 2.32. The number of hydroxylamine groups is 1. The third-order valence-corrected chi connectivity index (χ3v) is 2.24. The summed E-state index contributed by atoms with van der Waals surface area (Å²) in [6.45, 7) is 0.644. The number of hydrogen-bond donors (Lipinski definition) is 1. The Morgan fingerprint density at radius 2 is 2.00 bits per heavy atom. The highest BCUT2D eigenvalue weighted by atomic mass is 79.9. The van der Waals surface area contributed by atoms with Crippen molar-refractivity contribution in [2.75, 3.05) is 6.61 Å². The molecule has 0 spiro atoms. The van der Waals surface area contributed by atoms with Crippen LogP contribution >= 0.6 is 15.9 Å².